The lowest BCUT2D eigenvalue weighted by Crippen LogP contribution is -2.41. The van der Waals surface area contributed by atoms with Crippen LogP contribution in [0.2, 0.25) is 0 Å². The predicted octanol–water partition coefficient (Wildman–Crippen LogP) is 1.81. The van der Waals surface area contributed by atoms with E-state index in [-0.39, 0.29) is 18.5 Å². The number of aliphatic hydroxyl groups is 1. The summed E-state index contributed by atoms with van der Waals surface area (Å²) in [5, 5.41) is 21.4. The Labute approximate surface area is 150 Å². The summed E-state index contributed by atoms with van der Waals surface area (Å²) in [4.78, 5) is 23.4. The first-order chi connectivity index (χ1) is 12.5. The normalized spacial score (nSPS) is 22.0. The van der Waals surface area contributed by atoms with Crippen molar-refractivity contribution >= 4 is 11.9 Å². The lowest BCUT2D eigenvalue weighted by Gasteiger charge is -2.26. The maximum atomic E-state index is 12.4. The number of carbonyl (C=O) groups excluding carboxylic acids is 1. The van der Waals surface area contributed by atoms with Gasteiger partial charge in [-0.1, -0.05) is 18.2 Å². The highest BCUT2D eigenvalue weighted by Gasteiger charge is 2.44. The van der Waals surface area contributed by atoms with Crippen LogP contribution in [0.3, 0.4) is 0 Å². The van der Waals surface area contributed by atoms with Crippen LogP contribution < -0.4 is 10.1 Å². The van der Waals surface area contributed by atoms with E-state index in [0.29, 0.717) is 11.5 Å². The molecule has 0 aliphatic carbocycles. The fourth-order valence-electron chi connectivity index (χ4n) is 2.77. The molecule has 1 heterocycles. The maximum Gasteiger partial charge on any atom is 0.338 e. The summed E-state index contributed by atoms with van der Waals surface area (Å²) in [5.41, 5.74) is -0.948. The molecule has 2 aromatic carbocycles. The lowest BCUT2D eigenvalue weighted by molar-refractivity contribution is -0.139. The number of aliphatic hydroxyl groups excluding tert-OH is 1. The Kier molecular flexibility index (Phi) is 5.20. The Balaban J connectivity index is 1.65. The fourth-order valence-corrected chi connectivity index (χ4v) is 2.77. The van der Waals surface area contributed by atoms with Crippen molar-refractivity contribution in [1.82, 2.24) is 5.32 Å². The van der Waals surface area contributed by atoms with Crippen LogP contribution in [-0.4, -0.2) is 46.9 Å². The Morgan fingerprint density at radius 1 is 1.08 bits per heavy atom. The highest BCUT2D eigenvalue weighted by molar-refractivity contribution is 5.90. The number of nitrogens with one attached hydrogen (secondary N) is 1. The Hall–Kier alpha value is -2.90. The van der Waals surface area contributed by atoms with E-state index in [1.165, 1.54) is 0 Å². The molecule has 2 aromatic rings. The number of carboxylic acids is 1. The van der Waals surface area contributed by atoms with Crippen molar-refractivity contribution in [2.45, 2.75) is 18.1 Å². The quantitative estimate of drug-likeness (QED) is 0.677. The minimum absolute atomic E-state index is 0.0137. The standard InChI is InChI=1S/C19H19NO6/c21-12-19(10-16(17(22)23)20-11-19)26-18(24)13-6-8-15(9-7-13)25-14-4-2-1-3-5-14/h1-9,16,20-21H,10-12H2,(H,22,23)/t16-,19+/m0/s1. The zero-order valence-corrected chi connectivity index (χ0v) is 13.9. The molecule has 7 heteroatoms. The van der Waals surface area contributed by atoms with Crippen LogP contribution in [0.4, 0.5) is 0 Å². The van der Waals surface area contributed by atoms with Crippen LogP contribution in [0, 0.1) is 0 Å². The van der Waals surface area contributed by atoms with Crippen LogP contribution in [-0.2, 0) is 9.53 Å². The molecule has 1 saturated heterocycles. The fraction of sp³-hybridized carbons (Fsp3) is 0.263. The summed E-state index contributed by atoms with van der Waals surface area (Å²) < 4.78 is 11.1. The summed E-state index contributed by atoms with van der Waals surface area (Å²) >= 11 is 0. The van der Waals surface area contributed by atoms with E-state index in [0.717, 1.165) is 0 Å². The topological polar surface area (TPSA) is 105 Å². The van der Waals surface area contributed by atoms with Crippen molar-refractivity contribution in [2.75, 3.05) is 13.2 Å². The largest absolute Gasteiger partial charge is 0.480 e. The van der Waals surface area contributed by atoms with Gasteiger partial charge in [0, 0.05) is 13.0 Å². The Bertz CT molecular complexity index is 776. The van der Waals surface area contributed by atoms with Gasteiger partial charge in [0.2, 0.25) is 0 Å². The first kappa shape index (κ1) is 17.9. The molecule has 2 atom stereocenters. The number of aliphatic carboxylic acids is 1. The van der Waals surface area contributed by atoms with E-state index < -0.39 is 30.2 Å². The van der Waals surface area contributed by atoms with Crippen LogP contribution in [0.15, 0.2) is 54.6 Å². The average molecular weight is 357 g/mol. The maximum absolute atomic E-state index is 12.4. The van der Waals surface area contributed by atoms with Gasteiger partial charge < -0.3 is 25.0 Å². The molecule has 0 amide bonds. The van der Waals surface area contributed by atoms with Gasteiger partial charge in [0.1, 0.15) is 23.1 Å². The first-order valence-corrected chi connectivity index (χ1v) is 8.15. The number of hydrogen-bond donors (Lipinski definition) is 3. The summed E-state index contributed by atoms with van der Waals surface area (Å²) in [6.45, 7) is -0.369. The molecule has 1 fully saturated rings. The van der Waals surface area contributed by atoms with Crippen LogP contribution in [0.5, 0.6) is 11.5 Å². The summed E-state index contributed by atoms with van der Waals surface area (Å²) in [6, 6.07) is 14.8. The zero-order valence-electron chi connectivity index (χ0n) is 13.9. The van der Waals surface area contributed by atoms with Crippen molar-refractivity contribution in [3.8, 4) is 11.5 Å². The summed E-state index contributed by atoms with van der Waals surface area (Å²) in [7, 11) is 0. The van der Waals surface area contributed by atoms with Crippen LogP contribution in [0.25, 0.3) is 0 Å². The molecule has 1 aliphatic rings. The van der Waals surface area contributed by atoms with Crippen LogP contribution >= 0.6 is 0 Å². The molecule has 136 valence electrons. The Morgan fingerprint density at radius 2 is 1.73 bits per heavy atom. The molecular formula is C19H19NO6. The zero-order chi connectivity index (χ0) is 18.6. The lowest BCUT2D eigenvalue weighted by atomic mass is 10.0. The summed E-state index contributed by atoms with van der Waals surface area (Å²) in [5.74, 6) is -0.422. The van der Waals surface area contributed by atoms with Crippen LogP contribution in [0.1, 0.15) is 16.8 Å². The number of esters is 1. The van der Waals surface area contributed by atoms with Gasteiger partial charge in [0.25, 0.3) is 0 Å². The minimum atomic E-state index is -1.24. The SMILES string of the molecule is O=C(O[C@@]1(CO)CN[C@H](C(=O)O)C1)c1ccc(Oc2ccccc2)cc1. The second kappa shape index (κ2) is 7.55. The molecule has 0 radical (unpaired) electrons. The van der Waals surface area contributed by atoms with Gasteiger partial charge in [0.05, 0.1) is 12.2 Å². The first-order valence-electron chi connectivity index (χ1n) is 8.15. The van der Waals surface area contributed by atoms with E-state index in [9.17, 15) is 14.7 Å². The van der Waals surface area contributed by atoms with E-state index in [4.69, 9.17) is 14.6 Å². The van der Waals surface area contributed by atoms with Gasteiger partial charge in [-0.05, 0) is 36.4 Å². The monoisotopic (exact) mass is 357 g/mol. The third-order valence-electron chi connectivity index (χ3n) is 4.21. The highest BCUT2D eigenvalue weighted by atomic mass is 16.6. The Morgan fingerprint density at radius 3 is 2.31 bits per heavy atom. The molecule has 3 rings (SSSR count). The molecular weight excluding hydrogens is 338 g/mol. The number of hydrogen-bond acceptors (Lipinski definition) is 6. The van der Waals surface area contributed by atoms with E-state index in [1.54, 1.807) is 24.3 Å². The van der Waals surface area contributed by atoms with Gasteiger partial charge in [-0.15, -0.1) is 0 Å². The number of carboxylic acid groups (broad SMARTS) is 1. The third kappa shape index (κ3) is 4.01. The van der Waals surface area contributed by atoms with E-state index >= 15 is 0 Å². The smallest absolute Gasteiger partial charge is 0.338 e. The van der Waals surface area contributed by atoms with Crippen molar-refractivity contribution in [1.29, 1.82) is 0 Å². The summed E-state index contributed by atoms with van der Waals surface area (Å²) in [6.07, 6.45) is 0.0137. The van der Waals surface area contributed by atoms with Gasteiger partial charge >= 0.3 is 11.9 Å². The van der Waals surface area contributed by atoms with Crippen molar-refractivity contribution in [2.24, 2.45) is 0 Å². The van der Waals surface area contributed by atoms with E-state index in [1.807, 2.05) is 30.3 Å². The molecule has 0 bridgehead atoms. The number of ether oxygens (including phenoxy) is 2. The van der Waals surface area contributed by atoms with Gasteiger partial charge in [-0.3, -0.25) is 4.79 Å². The second-order valence-electron chi connectivity index (χ2n) is 6.15. The molecule has 3 N–H and O–H groups in total. The highest BCUT2D eigenvalue weighted by Crippen LogP contribution is 2.26. The molecule has 0 aromatic heterocycles. The van der Waals surface area contributed by atoms with Crippen molar-refractivity contribution in [3.05, 3.63) is 60.2 Å². The van der Waals surface area contributed by atoms with Crippen molar-refractivity contribution in [3.63, 3.8) is 0 Å². The van der Waals surface area contributed by atoms with E-state index in [2.05, 4.69) is 5.32 Å². The van der Waals surface area contributed by atoms with Gasteiger partial charge in [0.15, 0.2) is 0 Å². The van der Waals surface area contributed by atoms with Gasteiger partial charge in [-0.25, -0.2) is 4.79 Å². The molecule has 0 saturated carbocycles. The number of benzene rings is 2. The van der Waals surface area contributed by atoms with Gasteiger partial charge in [-0.2, -0.15) is 0 Å². The number of para-hydroxylation sites is 1. The minimum Gasteiger partial charge on any atom is -0.480 e. The number of carbonyl (C=O) groups is 2. The third-order valence-corrected chi connectivity index (χ3v) is 4.21. The van der Waals surface area contributed by atoms with Crippen molar-refractivity contribution < 1.29 is 29.3 Å². The molecule has 26 heavy (non-hydrogen) atoms. The molecule has 0 spiro atoms. The second-order valence-corrected chi connectivity index (χ2v) is 6.15. The predicted molar refractivity (Wildman–Crippen MR) is 92.2 cm³/mol. The number of rotatable bonds is 6. The average Bonchev–Trinajstić information content (AvgIpc) is 3.08. The molecule has 0 unspecified atom stereocenters. The molecule has 7 nitrogen and oxygen atoms in total. The molecule has 1 aliphatic heterocycles.